The third kappa shape index (κ3) is 3.68. The highest BCUT2D eigenvalue weighted by Crippen LogP contribution is 2.19. The first-order valence-electron chi connectivity index (χ1n) is 5.41. The zero-order chi connectivity index (χ0) is 13.0. The molecule has 1 amide bonds. The zero-order valence-corrected chi connectivity index (χ0v) is 10.6. The monoisotopic (exact) mass is 258 g/mol. The van der Waals surface area contributed by atoms with Crippen LogP contribution in [0.5, 0.6) is 0 Å². The van der Waals surface area contributed by atoms with Crippen LogP contribution in [-0.4, -0.2) is 18.5 Å². The standard InChI is InChI=1S/C12H16ClFN2O/c1-7(2)10(15)6-16-12(17)8-4-3-5-9(14)11(8)13/h3-5,7,10H,6,15H2,1-2H3,(H,16,17). The molecular weight excluding hydrogens is 243 g/mol. The van der Waals surface area contributed by atoms with Crippen molar-refractivity contribution in [2.75, 3.05) is 6.54 Å². The van der Waals surface area contributed by atoms with Crippen molar-refractivity contribution in [3.05, 3.63) is 34.6 Å². The fourth-order valence-electron chi connectivity index (χ4n) is 1.22. The summed E-state index contributed by atoms with van der Waals surface area (Å²) in [4.78, 5) is 11.7. The van der Waals surface area contributed by atoms with Crippen LogP contribution >= 0.6 is 11.6 Å². The number of nitrogens with two attached hydrogens (primary N) is 1. The molecule has 1 aromatic rings. The van der Waals surface area contributed by atoms with E-state index in [2.05, 4.69) is 5.32 Å². The number of carbonyl (C=O) groups excluding carboxylic acids is 1. The van der Waals surface area contributed by atoms with E-state index in [0.717, 1.165) is 0 Å². The normalized spacial score (nSPS) is 12.6. The Bertz CT molecular complexity index is 409. The molecule has 1 unspecified atom stereocenters. The average Bonchev–Trinajstić information content (AvgIpc) is 2.29. The molecule has 0 heterocycles. The average molecular weight is 259 g/mol. The number of halogens is 2. The van der Waals surface area contributed by atoms with Crippen LogP contribution < -0.4 is 11.1 Å². The van der Waals surface area contributed by atoms with Crippen LogP contribution in [0.25, 0.3) is 0 Å². The Kier molecular flexibility index (Phi) is 4.90. The third-order valence-corrected chi connectivity index (χ3v) is 2.93. The van der Waals surface area contributed by atoms with Gasteiger partial charge in [0.2, 0.25) is 0 Å². The fourth-order valence-corrected chi connectivity index (χ4v) is 1.43. The SMILES string of the molecule is CC(C)C(N)CNC(=O)c1cccc(F)c1Cl. The van der Waals surface area contributed by atoms with Gasteiger partial charge >= 0.3 is 0 Å². The predicted molar refractivity (Wildman–Crippen MR) is 66.6 cm³/mol. The molecule has 3 nitrogen and oxygen atoms in total. The molecule has 94 valence electrons. The molecule has 0 saturated heterocycles. The number of nitrogens with one attached hydrogen (secondary N) is 1. The number of hydrogen-bond acceptors (Lipinski definition) is 2. The minimum Gasteiger partial charge on any atom is -0.350 e. The lowest BCUT2D eigenvalue weighted by atomic mass is 10.1. The Morgan fingerprint density at radius 3 is 2.76 bits per heavy atom. The maximum absolute atomic E-state index is 13.1. The summed E-state index contributed by atoms with van der Waals surface area (Å²) in [5, 5.41) is 2.47. The Balaban J connectivity index is 2.68. The van der Waals surface area contributed by atoms with Crippen molar-refractivity contribution in [2.24, 2.45) is 11.7 Å². The molecule has 0 aliphatic heterocycles. The van der Waals surface area contributed by atoms with Crippen LogP contribution in [0.2, 0.25) is 5.02 Å². The second kappa shape index (κ2) is 5.98. The molecule has 3 N–H and O–H groups in total. The first kappa shape index (κ1) is 13.9. The van der Waals surface area contributed by atoms with E-state index in [1.54, 1.807) is 0 Å². The number of carbonyl (C=O) groups is 1. The summed E-state index contributed by atoms with van der Waals surface area (Å²) in [6.07, 6.45) is 0. The van der Waals surface area contributed by atoms with E-state index in [0.29, 0.717) is 6.54 Å². The van der Waals surface area contributed by atoms with Gasteiger partial charge in [-0.2, -0.15) is 0 Å². The van der Waals surface area contributed by atoms with Crippen LogP contribution in [0.4, 0.5) is 4.39 Å². The van der Waals surface area contributed by atoms with Gasteiger partial charge in [0.15, 0.2) is 0 Å². The van der Waals surface area contributed by atoms with Crippen molar-refractivity contribution in [1.29, 1.82) is 0 Å². The van der Waals surface area contributed by atoms with Crippen molar-refractivity contribution in [3.8, 4) is 0 Å². The van der Waals surface area contributed by atoms with Crippen molar-refractivity contribution in [1.82, 2.24) is 5.32 Å². The van der Waals surface area contributed by atoms with Crippen LogP contribution in [0, 0.1) is 11.7 Å². The first-order chi connectivity index (χ1) is 7.93. The molecule has 1 aromatic carbocycles. The molecule has 1 atom stereocenters. The summed E-state index contributed by atoms with van der Waals surface area (Å²) < 4.78 is 13.1. The quantitative estimate of drug-likeness (QED) is 0.870. The highest BCUT2D eigenvalue weighted by atomic mass is 35.5. The van der Waals surface area contributed by atoms with Crippen LogP contribution in [0.15, 0.2) is 18.2 Å². The molecule has 0 spiro atoms. The largest absolute Gasteiger partial charge is 0.350 e. The summed E-state index contributed by atoms with van der Waals surface area (Å²) in [5.41, 5.74) is 5.92. The Hall–Kier alpha value is -1.13. The van der Waals surface area contributed by atoms with E-state index in [1.165, 1.54) is 18.2 Å². The minimum atomic E-state index is -0.604. The lowest BCUT2D eigenvalue weighted by Crippen LogP contribution is -2.40. The van der Waals surface area contributed by atoms with E-state index < -0.39 is 11.7 Å². The van der Waals surface area contributed by atoms with Gasteiger partial charge in [-0.25, -0.2) is 4.39 Å². The number of amides is 1. The Labute approximate surface area is 105 Å². The molecule has 0 bridgehead atoms. The number of rotatable bonds is 4. The first-order valence-corrected chi connectivity index (χ1v) is 5.79. The van der Waals surface area contributed by atoms with Crippen LogP contribution in [0.1, 0.15) is 24.2 Å². The van der Waals surface area contributed by atoms with Gasteiger partial charge in [0.25, 0.3) is 5.91 Å². The van der Waals surface area contributed by atoms with Crippen molar-refractivity contribution >= 4 is 17.5 Å². The molecule has 0 radical (unpaired) electrons. The van der Waals surface area contributed by atoms with Crippen molar-refractivity contribution < 1.29 is 9.18 Å². The second-order valence-corrected chi connectivity index (χ2v) is 4.60. The topological polar surface area (TPSA) is 55.1 Å². The van der Waals surface area contributed by atoms with Gasteiger partial charge in [-0.1, -0.05) is 31.5 Å². The molecule has 0 aliphatic carbocycles. The minimum absolute atomic E-state index is 0.127. The molecule has 0 aromatic heterocycles. The summed E-state index contributed by atoms with van der Waals surface area (Å²) in [5.74, 6) is -0.753. The molecule has 5 heteroatoms. The third-order valence-electron chi connectivity index (χ3n) is 2.55. The van der Waals surface area contributed by atoms with E-state index in [1.807, 2.05) is 13.8 Å². The van der Waals surface area contributed by atoms with Gasteiger partial charge in [-0.15, -0.1) is 0 Å². The Morgan fingerprint density at radius 1 is 1.53 bits per heavy atom. The van der Waals surface area contributed by atoms with E-state index >= 15 is 0 Å². The number of hydrogen-bond donors (Lipinski definition) is 2. The van der Waals surface area contributed by atoms with Crippen LogP contribution in [0.3, 0.4) is 0 Å². The zero-order valence-electron chi connectivity index (χ0n) is 9.84. The highest BCUT2D eigenvalue weighted by Gasteiger charge is 2.15. The van der Waals surface area contributed by atoms with E-state index in [-0.39, 0.29) is 22.5 Å². The van der Waals surface area contributed by atoms with Crippen LogP contribution in [-0.2, 0) is 0 Å². The smallest absolute Gasteiger partial charge is 0.252 e. The lowest BCUT2D eigenvalue weighted by molar-refractivity contribution is 0.0949. The van der Waals surface area contributed by atoms with Gasteiger partial charge in [-0.05, 0) is 18.1 Å². The van der Waals surface area contributed by atoms with E-state index in [4.69, 9.17) is 17.3 Å². The molecule has 1 rings (SSSR count). The van der Waals surface area contributed by atoms with E-state index in [9.17, 15) is 9.18 Å². The fraction of sp³-hybridized carbons (Fsp3) is 0.417. The molecule has 0 fully saturated rings. The maximum atomic E-state index is 13.1. The summed E-state index contributed by atoms with van der Waals surface area (Å²) >= 11 is 5.70. The molecule has 0 aliphatic rings. The Morgan fingerprint density at radius 2 is 2.18 bits per heavy atom. The summed E-state index contributed by atoms with van der Waals surface area (Å²) in [7, 11) is 0. The second-order valence-electron chi connectivity index (χ2n) is 4.22. The number of benzene rings is 1. The maximum Gasteiger partial charge on any atom is 0.252 e. The van der Waals surface area contributed by atoms with Gasteiger partial charge in [0.1, 0.15) is 5.82 Å². The molecular formula is C12H16ClFN2O. The molecule has 0 saturated carbocycles. The van der Waals surface area contributed by atoms with Crippen molar-refractivity contribution in [3.63, 3.8) is 0 Å². The predicted octanol–water partition coefficient (Wildman–Crippen LogP) is 2.19. The van der Waals surface area contributed by atoms with Gasteiger partial charge in [-0.3, -0.25) is 4.79 Å². The molecule has 17 heavy (non-hydrogen) atoms. The summed E-state index contributed by atoms with van der Waals surface area (Å²) in [6, 6.07) is 3.99. The van der Waals surface area contributed by atoms with Gasteiger partial charge < -0.3 is 11.1 Å². The highest BCUT2D eigenvalue weighted by molar-refractivity contribution is 6.34. The van der Waals surface area contributed by atoms with Gasteiger partial charge in [0, 0.05) is 12.6 Å². The summed E-state index contributed by atoms with van der Waals surface area (Å²) in [6.45, 7) is 4.27. The lowest BCUT2D eigenvalue weighted by Gasteiger charge is -2.16. The van der Waals surface area contributed by atoms with Crippen molar-refractivity contribution in [2.45, 2.75) is 19.9 Å². The van der Waals surface area contributed by atoms with Gasteiger partial charge in [0.05, 0.1) is 10.6 Å².